The molecular weight excluding hydrogens is 455 g/mol. The summed E-state index contributed by atoms with van der Waals surface area (Å²) >= 11 is 0. The van der Waals surface area contributed by atoms with Crippen molar-refractivity contribution >= 4 is 63.3 Å². The first-order chi connectivity index (χ1) is 18.3. The van der Waals surface area contributed by atoms with E-state index in [-0.39, 0.29) is 18.2 Å². The lowest BCUT2D eigenvalue weighted by Gasteiger charge is -2.42. The Morgan fingerprint density at radius 3 is 1.97 bits per heavy atom. The van der Waals surface area contributed by atoms with Gasteiger partial charge in [0.15, 0.2) is 0 Å². The van der Waals surface area contributed by atoms with Crippen LogP contribution in [0.5, 0.6) is 0 Å². The Morgan fingerprint density at radius 2 is 1.30 bits per heavy atom. The number of nitriles is 1. The monoisotopic (exact) mass is 472 g/mol. The zero-order valence-electron chi connectivity index (χ0n) is 19.6. The molecule has 2 aliphatic heterocycles. The summed E-state index contributed by atoms with van der Waals surface area (Å²) in [5, 5.41) is 9.61. The van der Waals surface area contributed by atoms with Gasteiger partial charge in [-0.15, -0.1) is 0 Å². The molecule has 0 saturated heterocycles. The summed E-state index contributed by atoms with van der Waals surface area (Å²) in [6, 6.07) is 36.9. The maximum absolute atomic E-state index is 9.61. The van der Waals surface area contributed by atoms with Crippen LogP contribution in [0.15, 0.2) is 103 Å². The maximum atomic E-state index is 9.61. The van der Waals surface area contributed by atoms with Gasteiger partial charge < -0.3 is 9.74 Å². The van der Waals surface area contributed by atoms with Gasteiger partial charge in [-0.2, -0.15) is 10.2 Å². The standard InChI is InChI=1S/C30H17BN6/c1-33-28-18-20(19-32)34-30(35-28)37-25-15-8-6-13-23(25)31-22-12-5-7-14-24(22)36(21-10-3-2-4-11-21)26-16-9-17-27(37)29(26)31/h2-18H. The quantitative estimate of drug-likeness (QED) is 0.262. The highest BCUT2D eigenvalue weighted by Crippen LogP contribution is 2.42. The third kappa shape index (κ3) is 3.05. The van der Waals surface area contributed by atoms with Gasteiger partial charge in [-0.3, -0.25) is 4.90 Å². The zero-order valence-corrected chi connectivity index (χ0v) is 19.6. The van der Waals surface area contributed by atoms with Crippen molar-refractivity contribution < 1.29 is 0 Å². The second kappa shape index (κ2) is 8.08. The summed E-state index contributed by atoms with van der Waals surface area (Å²) in [4.78, 5) is 16.9. The molecule has 7 rings (SSSR count). The van der Waals surface area contributed by atoms with Crippen molar-refractivity contribution in [2.24, 2.45) is 0 Å². The molecule has 0 saturated carbocycles. The third-order valence-corrected chi connectivity index (χ3v) is 6.95. The fourth-order valence-corrected chi connectivity index (χ4v) is 5.54. The largest absolute Gasteiger partial charge is 0.360 e. The molecule has 1 aromatic heterocycles. The van der Waals surface area contributed by atoms with Gasteiger partial charge >= 0.3 is 5.95 Å². The summed E-state index contributed by atoms with van der Waals surface area (Å²) in [6.07, 6.45) is 0. The number of para-hydroxylation sites is 3. The second-order valence-electron chi connectivity index (χ2n) is 8.90. The Hall–Kier alpha value is -5.40. The van der Waals surface area contributed by atoms with Gasteiger partial charge in [-0.25, -0.2) is 0 Å². The molecule has 0 atom stereocenters. The van der Waals surface area contributed by atoms with Crippen molar-refractivity contribution in [3.05, 3.63) is 120 Å². The molecular formula is C30H17BN6. The SMILES string of the molecule is [C-]#[N+]c1cc(C#N)nc(N2c3ccccc3B3c4ccccc4N(c4ccccc4)c4cccc2c43)n1. The van der Waals surface area contributed by atoms with Crippen LogP contribution in [0.1, 0.15) is 5.69 Å². The summed E-state index contributed by atoms with van der Waals surface area (Å²) in [5.74, 6) is 0.455. The van der Waals surface area contributed by atoms with Crippen molar-refractivity contribution in [3.8, 4) is 6.07 Å². The lowest BCUT2D eigenvalue weighted by Crippen LogP contribution is -2.61. The fourth-order valence-electron chi connectivity index (χ4n) is 5.54. The van der Waals surface area contributed by atoms with Gasteiger partial charge in [0.1, 0.15) is 11.8 Å². The Balaban J connectivity index is 1.57. The molecule has 7 heteroatoms. The second-order valence-corrected chi connectivity index (χ2v) is 8.90. The first-order valence-electron chi connectivity index (χ1n) is 11.9. The molecule has 5 aromatic rings. The molecule has 37 heavy (non-hydrogen) atoms. The first kappa shape index (κ1) is 20.9. The Kier molecular flexibility index (Phi) is 4.57. The van der Waals surface area contributed by atoms with E-state index in [1.807, 2.05) is 41.3 Å². The molecule has 6 nitrogen and oxygen atoms in total. The predicted molar refractivity (Wildman–Crippen MR) is 147 cm³/mol. The van der Waals surface area contributed by atoms with Gasteiger partial charge in [0, 0.05) is 34.5 Å². The molecule has 0 fully saturated rings. The highest BCUT2D eigenvalue weighted by Gasteiger charge is 2.43. The smallest absolute Gasteiger partial charge is 0.332 e. The Labute approximate surface area is 214 Å². The summed E-state index contributed by atoms with van der Waals surface area (Å²) in [5.41, 5.74) is 8.80. The van der Waals surface area contributed by atoms with Gasteiger partial charge in [0.05, 0.1) is 0 Å². The predicted octanol–water partition coefficient (Wildman–Crippen LogP) is 4.98. The number of rotatable bonds is 2. The van der Waals surface area contributed by atoms with Gasteiger partial charge in [0.25, 0.3) is 12.5 Å². The van der Waals surface area contributed by atoms with Crippen LogP contribution < -0.4 is 26.2 Å². The zero-order chi connectivity index (χ0) is 24.9. The van der Waals surface area contributed by atoms with Crippen LogP contribution in [0.3, 0.4) is 0 Å². The minimum atomic E-state index is 0.00861. The number of hydrogen-bond acceptors (Lipinski definition) is 5. The fraction of sp³-hybridized carbons (Fsp3) is 0. The van der Waals surface area contributed by atoms with Crippen molar-refractivity contribution in [2.45, 2.75) is 0 Å². The van der Waals surface area contributed by atoms with Crippen molar-refractivity contribution in [2.75, 3.05) is 9.80 Å². The van der Waals surface area contributed by atoms with E-state index in [1.54, 1.807) is 0 Å². The number of fused-ring (bicyclic) bond motifs is 4. The summed E-state index contributed by atoms with van der Waals surface area (Å²) in [7, 11) is 0. The average molecular weight is 472 g/mol. The highest BCUT2D eigenvalue weighted by molar-refractivity contribution is 7.00. The van der Waals surface area contributed by atoms with Crippen LogP contribution in [0.25, 0.3) is 4.85 Å². The van der Waals surface area contributed by atoms with Gasteiger partial charge in [-0.1, -0.05) is 72.2 Å². The number of aromatic nitrogens is 2. The maximum Gasteiger partial charge on any atom is 0.332 e. The number of nitrogens with zero attached hydrogens (tertiary/aromatic N) is 6. The molecule has 170 valence electrons. The van der Waals surface area contributed by atoms with Crippen molar-refractivity contribution in [3.63, 3.8) is 0 Å². The molecule has 0 bridgehead atoms. The van der Waals surface area contributed by atoms with Gasteiger partial charge in [0.2, 0.25) is 0 Å². The lowest BCUT2D eigenvalue weighted by molar-refractivity contribution is 1.08. The molecule has 2 aliphatic rings. The van der Waals surface area contributed by atoms with E-state index >= 15 is 0 Å². The normalized spacial score (nSPS) is 12.6. The molecule has 0 amide bonds. The Morgan fingerprint density at radius 1 is 0.703 bits per heavy atom. The number of anilines is 6. The molecule has 0 aliphatic carbocycles. The molecule has 0 N–H and O–H groups in total. The molecule has 4 aromatic carbocycles. The average Bonchev–Trinajstić information content (AvgIpc) is 2.97. The highest BCUT2D eigenvalue weighted by atomic mass is 15.3. The van der Waals surface area contributed by atoms with Crippen LogP contribution in [-0.2, 0) is 0 Å². The summed E-state index contributed by atoms with van der Waals surface area (Å²) < 4.78 is 0. The molecule has 3 heterocycles. The van der Waals surface area contributed by atoms with Crippen LogP contribution in [0, 0.1) is 17.9 Å². The first-order valence-corrected chi connectivity index (χ1v) is 11.9. The van der Waals surface area contributed by atoms with E-state index < -0.39 is 0 Å². The van der Waals surface area contributed by atoms with Crippen molar-refractivity contribution in [1.29, 1.82) is 5.26 Å². The molecule has 0 unspecified atom stereocenters. The van der Waals surface area contributed by atoms with E-state index in [1.165, 1.54) is 11.5 Å². The van der Waals surface area contributed by atoms with E-state index in [4.69, 9.17) is 6.57 Å². The van der Waals surface area contributed by atoms with Gasteiger partial charge in [-0.05, 0) is 52.8 Å². The third-order valence-electron chi connectivity index (χ3n) is 6.95. The van der Waals surface area contributed by atoms with Crippen LogP contribution in [0.4, 0.5) is 40.2 Å². The summed E-state index contributed by atoms with van der Waals surface area (Å²) in [6.45, 7) is 7.53. The van der Waals surface area contributed by atoms with E-state index in [9.17, 15) is 5.26 Å². The minimum Gasteiger partial charge on any atom is -0.360 e. The van der Waals surface area contributed by atoms with E-state index in [0.717, 1.165) is 39.4 Å². The van der Waals surface area contributed by atoms with Crippen LogP contribution in [0.2, 0.25) is 0 Å². The number of hydrogen-bond donors (Lipinski definition) is 0. The number of benzene rings is 4. The minimum absolute atomic E-state index is 0.00861. The van der Waals surface area contributed by atoms with Crippen molar-refractivity contribution in [1.82, 2.24) is 9.97 Å². The van der Waals surface area contributed by atoms with Crippen LogP contribution in [-0.4, -0.2) is 16.7 Å². The lowest BCUT2D eigenvalue weighted by atomic mass is 9.33. The molecule has 0 radical (unpaired) electrons. The molecule has 0 spiro atoms. The van der Waals surface area contributed by atoms with Crippen LogP contribution >= 0.6 is 0 Å². The topological polar surface area (TPSA) is 60.4 Å². The van der Waals surface area contributed by atoms with E-state index in [2.05, 4.69) is 86.4 Å². The Bertz CT molecular complexity index is 1750. The van der Waals surface area contributed by atoms with E-state index in [0.29, 0.717) is 5.95 Å².